The number of hydrogen-bond donors (Lipinski definition) is 3. The fourth-order valence-corrected chi connectivity index (χ4v) is 5.19. The minimum atomic E-state index is -1.02. The number of carboxylic acid groups (broad SMARTS) is 1. The highest BCUT2D eigenvalue weighted by Gasteiger charge is 2.30. The average molecular weight is 465 g/mol. The predicted octanol–water partition coefficient (Wildman–Crippen LogP) is 4.45. The second kappa shape index (κ2) is 10.7. The summed E-state index contributed by atoms with van der Waals surface area (Å²) < 4.78 is 5.56. The summed E-state index contributed by atoms with van der Waals surface area (Å²) in [5.74, 6) is -0.924. The minimum absolute atomic E-state index is 0.00758. The van der Waals surface area contributed by atoms with Gasteiger partial charge in [-0.25, -0.2) is 4.79 Å². The van der Waals surface area contributed by atoms with Crippen LogP contribution < -0.4 is 10.6 Å². The first-order valence-electron chi connectivity index (χ1n) is 12.1. The number of aliphatic carboxylic acids is 1. The lowest BCUT2D eigenvalue weighted by Crippen LogP contribution is -2.50. The van der Waals surface area contributed by atoms with E-state index >= 15 is 0 Å². The highest BCUT2D eigenvalue weighted by molar-refractivity contribution is 5.86. The Hall–Kier alpha value is -3.35. The molecule has 180 valence electrons. The molecule has 1 saturated carbocycles. The number of carboxylic acids is 1. The van der Waals surface area contributed by atoms with E-state index in [0.717, 1.165) is 47.9 Å². The number of fused-ring (bicyclic) bond motifs is 3. The lowest BCUT2D eigenvalue weighted by Gasteiger charge is -2.29. The van der Waals surface area contributed by atoms with Crippen molar-refractivity contribution >= 4 is 18.0 Å². The van der Waals surface area contributed by atoms with Crippen molar-refractivity contribution in [3.8, 4) is 11.1 Å². The van der Waals surface area contributed by atoms with Crippen LogP contribution in [0.5, 0.6) is 0 Å². The first-order chi connectivity index (χ1) is 16.4. The molecule has 0 aliphatic heterocycles. The second-order valence-corrected chi connectivity index (χ2v) is 9.43. The van der Waals surface area contributed by atoms with Gasteiger partial charge in [0.1, 0.15) is 12.6 Å². The highest BCUT2D eigenvalue weighted by Crippen LogP contribution is 2.44. The zero-order valence-corrected chi connectivity index (χ0v) is 19.5. The number of benzene rings is 2. The van der Waals surface area contributed by atoms with Crippen LogP contribution in [0.25, 0.3) is 11.1 Å². The van der Waals surface area contributed by atoms with E-state index in [0.29, 0.717) is 5.92 Å². The fraction of sp³-hybridized carbons (Fsp3) is 0.444. The number of hydrogen-bond acceptors (Lipinski definition) is 4. The first-order valence-corrected chi connectivity index (χ1v) is 12.1. The molecular formula is C27H32N2O5. The zero-order valence-electron chi connectivity index (χ0n) is 19.5. The second-order valence-electron chi connectivity index (χ2n) is 9.43. The number of ether oxygens (including phenoxy) is 1. The van der Waals surface area contributed by atoms with E-state index in [2.05, 4.69) is 29.7 Å². The molecule has 2 amide bonds. The van der Waals surface area contributed by atoms with E-state index in [4.69, 9.17) is 9.84 Å². The Morgan fingerprint density at radius 1 is 1.03 bits per heavy atom. The lowest BCUT2D eigenvalue weighted by atomic mass is 9.87. The summed E-state index contributed by atoms with van der Waals surface area (Å²) in [4.78, 5) is 36.6. The van der Waals surface area contributed by atoms with Crippen molar-refractivity contribution < 1.29 is 24.2 Å². The Labute approximate surface area is 199 Å². The molecule has 0 aromatic heterocycles. The maximum absolute atomic E-state index is 12.9. The van der Waals surface area contributed by atoms with E-state index in [-0.39, 0.29) is 37.3 Å². The summed E-state index contributed by atoms with van der Waals surface area (Å²) in [6.45, 7) is 2.29. The van der Waals surface area contributed by atoms with Crippen LogP contribution in [-0.2, 0) is 14.3 Å². The molecule has 2 aliphatic carbocycles. The van der Waals surface area contributed by atoms with Gasteiger partial charge >= 0.3 is 12.1 Å². The molecule has 0 radical (unpaired) electrons. The fourth-order valence-electron chi connectivity index (χ4n) is 5.19. The third kappa shape index (κ3) is 5.58. The maximum Gasteiger partial charge on any atom is 0.407 e. The number of nitrogens with one attached hydrogen (secondary N) is 2. The number of rotatable bonds is 8. The highest BCUT2D eigenvalue weighted by atomic mass is 16.5. The van der Waals surface area contributed by atoms with Crippen LogP contribution in [0.2, 0.25) is 0 Å². The number of amides is 2. The molecule has 0 bridgehead atoms. The lowest BCUT2D eigenvalue weighted by molar-refractivity contribution is -0.137. The van der Waals surface area contributed by atoms with E-state index in [1.54, 1.807) is 0 Å². The van der Waals surface area contributed by atoms with E-state index in [1.165, 1.54) is 0 Å². The molecular weight excluding hydrogens is 432 g/mol. The van der Waals surface area contributed by atoms with Gasteiger partial charge < -0.3 is 20.5 Å². The Kier molecular flexibility index (Phi) is 7.50. The summed E-state index contributed by atoms with van der Waals surface area (Å²) >= 11 is 0. The molecule has 0 saturated heterocycles. The molecule has 4 rings (SSSR count). The Morgan fingerprint density at radius 2 is 1.68 bits per heavy atom. The molecule has 34 heavy (non-hydrogen) atoms. The molecule has 0 heterocycles. The quantitative estimate of drug-likeness (QED) is 0.535. The van der Waals surface area contributed by atoms with E-state index in [1.807, 2.05) is 36.4 Å². The van der Waals surface area contributed by atoms with Gasteiger partial charge in [0.15, 0.2) is 0 Å². The van der Waals surface area contributed by atoms with Crippen LogP contribution in [0.4, 0.5) is 4.79 Å². The topological polar surface area (TPSA) is 105 Å². The summed E-state index contributed by atoms with van der Waals surface area (Å²) in [7, 11) is 0. The van der Waals surface area contributed by atoms with Crippen molar-refractivity contribution in [3.63, 3.8) is 0 Å². The zero-order chi connectivity index (χ0) is 24.1. The molecule has 7 heteroatoms. The van der Waals surface area contributed by atoms with Crippen LogP contribution in [0.1, 0.15) is 62.5 Å². The molecule has 7 nitrogen and oxygen atoms in total. The molecule has 3 unspecified atom stereocenters. The third-order valence-electron chi connectivity index (χ3n) is 6.88. The Morgan fingerprint density at radius 3 is 2.29 bits per heavy atom. The van der Waals surface area contributed by atoms with E-state index < -0.39 is 18.1 Å². The van der Waals surface area contributed by atoms with E-state index in [9.17, 15) is 14.4 Å². The van der Waals surface area contributed by atoms with Crippen molar-refractivity contribution in [3.05, 3.63) is 59.7 Å². The molecule has 2 aliphatic rings. The Balaban J connectivity index is 1.39. The number of carbonyl (C=O) groups is 3. The SMILES string of the molecule is CC1CCCC(NC(=O)C(CCC(=O)O)NC(=O)OCC2c3ccccc3-c3ccccc32)C1. The maximum atomic E-state index is 12.9. The van der Waals surface area contributed by atoms with Gasteiger partial charge in [-0.15, -0.1) is 0 Å². The van der Waals surface area contributed by atoms with Gasteiger partial charge in [-0.3, -0.25) is 9.59 Å². The van der Waals surface area contributed by atoms with Crippen LogP contribution in [0, 0.1) is 5.92 Å². The van der Waals surface area contributed by atoms with Crippen molar-refractivity contribution in [1.29, 1.82) is 0 Å². The van der Waals surface area contributed by atoms with Gasteiger partial charge in [0, 0.05) is 18.4 Å². The van der Waals surface area contributed by atoms with Crippen molar-refractivity contribution in [2.45, 2.75) is 63.5 Å². The van der Waals surface area contributed by atoms with Crippen molar-refractivity contribution in [2.75, 3.05) is 6.61 Å². The molecule has 1 fully saturated rings. The van der Waals surface area contributed by atoms with Crippen LogP contribution in [-0.4, -0.2) is 41.8 Å². The average Bonchev–Trinajstić information content (AvgIpc) is 3.14. The largest absolute Gasteiger partial charge is 0.481 e. The van der Waals surface area contributed by atoms with Gasteiger partial charge in [0.25, 0.3) is 0 Å². The summed E-state index contributed by atoms with van der Waals surface area (Å²) in [6.07, 6.45) is 3.05. The normalized spacial score (nSPS) is 20.0. The predicted molar refractivity (Wildman–Crippen MR) is 128 cm³/mol. The van der Waals surface area contributed by atoms with Gasteiger partial charge in [0.05, 0.1) is 0 Å². The molecule has 2 aromatic carbocycles. The number of carbonyl (C=O) groups excluding carboxylic acids is 2. The first kappa shape index (κ1) is 23.8. The Bertz CT molecular complexity index is 1010. The van der Waals surface area contributed by atoms with Crippen molar-refractivity contribution in [1.82, 2.24) is 10.6 Å². The van der Waals surface area contributed by atoms with Crippen molar-refractivity contribution in [2.24, 2.45) is 5.92 Å². The van der Waals surface area contributed by atoms with Crippen LogP contribution in [0.3, 0.4) is 0 Å². The summed E-state index contributed by atoms with van der Waals surface area (Å²) in [5.41, 5.74) is 4.46. The smallest absolute Gasteiger partial charge is 0.407 e. The minimum Gasteiger partial charge on any atom is -0.481 e. The van der Waals surface area contributed by atoms with Gasteiger partial charge in [-0.1, -0.05) is 68.3 Å². The summed E-state index contributed by atoms with van der Waals surface area (Å²) in [5, 5.41) is 14.7. The van der Waals surface area contributed by atoms with Crippen LogP contribution >= 0.6 is 0 Å². The third-order valence-corrected chi connectivity index (χ3v) is 6.88. The molecule has 2 aromatic rings. The monoisotopic (exact) mass is 464 g/mol. The molecule has 0 spiro atoms. The molecule has 3 atom stereocenters. The molecule has 3 N–H and O–H groups in total. The van der Waals surface area contributed by atoms with Gasteiger partial charge in [-0.2, -0.15) is 0 Å². The summed E-state index contributed by atoms with van der Waals surface area (Å²) in [6, 6.07) is 15.2. The van der Waals surface area contributed by atoms with Gasteiger partial charge in [0.2, 0.25) is 5.91 Å². The van der Waals surface area contributed by atoms with Crippen LogP contribution in [0.15, 0.2) is 48.5 Å². The number of alkyl carbamates (subject to hydrolysis) is 1. The van der Waals surface area contributed by atoms with Gasteiger partial charge in [-0.05, 0) is 47.4 Å². The standard InChI is InChI=1S/C27H32N2O5/c1-17-7-6-8-18(15-17)28-26(32)24(13-14-25(30)31)29-27(33)34-16-23-21-11-4-2-9-19(21)20-10-3-5-12-22(20)23/h2-5,9-12,17-18,23-24H,6-8,13-16H2,1H3,(H,28,32)(H,29,33)(H,30,31).